The van der Waals surface area contributed by atoms with Gasteiger partial charge in [0, 0.05) is 13.0 Å². The maximum Gasteiger partial charge on any atom is 0.326 e. The summed E-state index contributed by atoms with van der Waals surface area (Å²) in [6.45, 7) is 1.91. The zero-order chi connectivity index (χ0) is 29.4. The van der Waals surface area contributed by atoms with Crippen molar-refractivity contribution in [2.45, 2.75) is 75.7 Å². The monoisotopic (exact) mass is 550 g/mol. The summed E-state index contributed by atoms with van der Waals surface area (Å²) in [5.41, 5.74) is 22.7. The van der Waals surface area contributed by atoms with Crippen LogP contribution in [0.25, 0.3) is 0 Å². The van der Waals surface area contributed by atoms with Crippen molar-refractivity contribution in [1.82, 2.24) is 16.0 Å². The largest absolute Gasteiger partial charge is 0.480 e. The number of benzene rings is 1. The van der Waals surface area contributed by atoms with Crippen molar-refractivity contribution in [3.8, 4) is 0 Å². The van der Waals surface area contributed by atoms with Crippen LogP contribution in [0.5, 0.6) is 0 Å². The van der Waals surface area contributed by atoms with Crippen molar-refractivity contribution in [2.75, 3.05) is 13.1 Å². The average molecular weight is 551 g/mol. The highest BCUT2D eigenvalue weighted by molar-refractivity contribution is 5.94. The summed E-state index contributed by atoms with van der Waals surface area (Å²) in [5.74, 6) is -3.64. The third-order valence-corrected chi connectivity index (χ3v) is 5.84. The summed E-state index contributed by atoms with van der Waals surface area (Å²) in [6, 6.07) is 3.93. The summed E-state index contributed by atoms with van der Waals surface area (Å²) in [7, 11) is 0. The molecule has 1 aromatic rings. The van der Waals surface area contributed by atoms with Crippen LogP contribution in [0.15, 0.2) is 35.3 Å². The number of carbonyl (C=O) groups excluding carboxylic acids is 3. The Morgan fingerprint density at radius 1 is 0.897 bits per heavy atom. The van der Waals surface area contributed by atoms with Gasteiger partial charge in [0.1, 0.15) is 18.1 Å². The van der Waals surface area contributed by atoms with E-state index >= 15 is 0 Å². The number of aliphatic carboxylic acids is 1. The van der Waals surface area contributed by atoms with E-state index < -0.39 is 54.0 Å². The summed E-state index contributed by atoms with van der Waals surface area (Å²) in [5, 5.41) is 27.2. The highest BCUT2D eigenvalue weighted by Gasteiger charge is 2.32. The molecule has 13 N–H and O–H groups in total. The van der Waals surface area contributed by atoms with Crippen molar-refractivity contribution in [3.05, 3.63) is 35.9 Å². The van der Waals surface area contributed by atoms with Gasteiger partial charge in [0.05, 0.1) is 12.1 Å². The van der Waals surface area contributed by atoms with Crippen molar-refractivity contribution >= 4 is 29.7 Å². The van der Waals surface area contributed by atoms with Crippen LogP contribution in [0.1, 0.15) is 44.6 Å². The van der Waals surface area contributed by atoms with Crippen LogP contribution in [0.4, 0.5) is 0 Å². The molecule has 218 valence electrons. The van der Waals surface area contributed by atoms with Crippen LogP contribution in [0, 0.1) is 0 Å². The van der Waals surface area contributed by atoms with Gasteiger partial charge in [-0.15, -0.1) is 0 Å². The molecule has 3 amide bonds. The highest BCUT2D eigenvalue weighted by Crippen LogP contribution is 2.07. The molecule has 0 aromatic heterocycles. The molecule has 0 saturated heterocycles. The van der Waals surface area contributed by atoms with Gasteiger partial charge in [-0.25, -0.2) is 4.79 Å². The van der Waals surface area contributed by atoms with Gasteiger partial charge in [0.2, 0.25) is 17.7 Å². The smallest absolute Gasteiger partial charge is 0.326 e. The zero-order valence-electron chi connectivity index (χ0n) is 22.2. The molecule has 5 unspecified atom stereocenters. The summed E-state index contributed by atoms with van der Waals surface area (Å²) < 4.78 is 0. The number of carbonyl (C=O) groups is 4. The fourth-order valence-electron chi connectivity index (χ4n) is 3.66. The number of hydrogen-bond donors (Lipinski definition) is 9. The van der Waals surface area contributed by atoms with Crippen LogP contribution >= 0.6 is 0 Å². The molecule has 0 aliphatic heterocycles. The number of aliphatic hydroxyl groups is 1. The number of amides is 3. The number of carboxylic acid groups (broad SMARTS) is 1. The van der Waals surface area contributed by atoms with E-state index in [9.17, 15) is 29.4 Å². The molecule has 5 atom stereocenters. The first-order valence-corrected chi connectivity index (χ1v) is 12.8. The average Bonchev–Trinajstić information content (AvgIpc) is 2.88. The van der Waals surface area contributed by atoms with E-state index in [1.807, 2.05) is 0 Å². The lowest BCUT2D eigenvalue weighted by Crippen LogP contribution is -2.59. The number of hydrogen-bond acceptors (Lipinski definition) is 8. The Kier molecular flexibility index (Phi) is 15.1. The number of aliphatic imine (C=N–C) groups is 1. The van der Waals surface area contributed by atoms with Crippen molar-refractivity contribution < 1.29 is 29.4 Å². The molecule has 0 fully saturated rings. The Hall–Kier alpha value is -3.75. The molecule has 1 aromatic carbocycles. The number of carboxylic acids is 1. The first-order valence-electron chi connectivity index (χ1n) is 12.8. The Labute approximate surface area is 228 Å². The fourth-order valence-corrected chi connectivity index (χ4v) is 3.66. The Morgan fingerprint density at radius 3 is 2.10 bits per heavy atom. The van der Waals surface area contributed by atoms with E-state index in [0.717, 1.165) is 0 Å². The standard InChI is InChI=1S/C25H42N8O6/c1-15(34)20(33-21(35)17(27)10-5-6-12-26)23(37)31-18(11-7-13-30-25(28)29)22(36)32-19(24(38)39)14-16-8-3-2-4-9-16/h2-4,8-9,15,17-20,34H,5-7,10-14,26-27H2,1H3,(H,31,37)(H,32,36)(H,33,35)(H,38,39)(H4,28,29,30). The topological polar surface area (TPSA) is 261 Å². The first-order chi connectivity index (χ1) is 18.5. The number of aliphatic hydroxyl groups excluding tert-OH is 1. The first kappa shape index (κ1) is 33.3. The second-order valence-corrected chi connectivity index (χ2v) is 9.22. The molecule has 0 aliphatic carbocycles. The number of unbranched alkanes of at least 4 members (excludes halogenated alkanes) is 1. The van der Waals surface area contributed by atoms with E-state index in [0.29, 0.717) is 31.4 Å². The molecule has 0 spiro atoms. The lowest BCUT2D eigenvalue weighted by molar-refractivity contribution is -0.142. The number of nitrogens with two attached hydrogens (primary N) is 4. The predicted molar refractivity (Wildman–Crippen MR) is 146 cm³/mol. The van der Waals surface area contributed by atoms with Gasteiger partial charge in [-0.2, -0.15) is 0 Å². The van der Waals surface area contributed by atoms with E-state index in [1.165, 1.54) is 6.92 Å². The SMILES string of the molecule is CC(O)C(NC(=O)C(N)CCCCN)C(=O)NC(CCCN=C(N)N)C(=O)NC(Cc1ccccc1)C(=O)O. The minimum Gasteiger partial charge on any atom is -0.480 e. The molecule has 0 saturated carbocycles. The van der Waals surface area contributed by atoms with Crippen molar-refractivity contribution in [1.29, 1.82) is 0 Å². The molecule has 0 heterocycles. The van der Waals surface area contributed by atoms with Crippen LogP contribution in [0.2, 0.25) is 0 Å². The zero-order valence-corrected chi connectivity index (χ0v) is 22.2. The fraction of sp³-hybridized carbons (Fsp3) is 0.560. The van der Waals surface area contributed by atoms with Crippen LogP contribution in [-0.2, 0) is 25.6 Å². The maximum atomic E-state index is 13.1. The number of nitrogens with one attached hydrogen (secondary N) is 3. The van der Waals surface area contributed by atoms with Crippen LogP contribution in [-0.4, -0.2) is 83.2 Å². The maximum absolute atomic E-state index is 13.1. The van der Waals surface area contributed by atoms with Crippen molar-refractivity contribution in [3.63, 3.8) is 0 Å². The third kappa shape index (κ3) is 13.0. The number of rotatable bonds is 18. The third-order valence-electron chi connectivity index (χ3n) is 5.84. The Balaban J connectivity index is 3.00. The molecular formula is C25H42N8O6. The molecule has 0 radical (unpaired) electrons. The molecule has 0 bridgehead atoms. The van der Waals surface area contributed by atoms with Crippen LogP contribution in [0.3, 0.4) is 0 Å². The quantitative estimate of drug-likeness (QED) is 0.0534. The summed E-state index contributed by atoms with van der Waals surface area (Å²) in [4.78, 5) is 54.4. The highest BCUT2D eigenvalue weighted by atomic mass is 16.4. The Bertz CT molecular complexity index is 955. The lowest BCUT2D eigenvalue weighted by Gasteiger charge is -2.26. The van der Waals surface area contributed by atoms with Gasteiger partial charge < -0.3 is 49.1 Å². The molecule has 1 rings (SSSR count). The minimum atomic E-state index is -1.41. The molecule has 14 nitrogen and oxygen atoms in total. The summed E-state index contributed by atoms with van der Waals surface area (Å²) in [6.07, 6.45) is 0.647. The lowest BCUT2D eigenvalue weighted by atomic mass is 10.0. The van der Waals surface area contributed by atoms with Gasteiger partial charge in [0.25, 0.3) is 0 Å². The van der Waals surface area contributed by atoms with E-state index in [2.05, 4.69) is 20.9 Å². The number of nitrogens with zero attached hydrogens (tertiary/aromatic N) is 1. The van der Waals surface area contributed by atoms with Crippen molar-refractivity contribution in [2.24, 2.45) is 27.9 Å². The molecule has 0 aliphatic rings. The van der Waals surface area contributed by atoms with E-state index in [1.54, 1.807) is 30.3 Å². The molecule has 39 heavy (non-hydrogen) atoms. The normalized spacial score (nSPS) is 14.7. The van der Waals surface area contributed by atoms with E-state index in [4.69, 9.17) is 22.9 Å². The molecular weight excluding hydrogens is 508 g/mol. The Morgan fingerprint density at radius 2 is 1.54 bits per heavy atom. The minimum absolute atomic E-state index is 0.0188. The van der Waals surface area contributed by atoms with Crippen LogP contribution < -0.4 is 38.9 Å². The van der Waals surface area contributed by atoms with E-state index in [-0.39, 0.29) is 31.8 Å². The predicted octanol–water partition coefficient (Wildman–Crippen LogP) is -2.34. The van der Waals surface area contributed by atoms with Gasteiger partial charge >= 0.3 is 5.97 Å². The second kappa shape index (κ2) is 17.7. The number of guanidine groups is 1. The van der Waals surface area contributed by atoms with Gasteiger partial charge in [0.15, 0.2) is 5.96 Å². The molecule has 14 heteroatoms. The summed E-state index contributed by atoms with van der Waals surface area (Å²) >= 11 is 0. The van der Waals surface area contributed by atoms with Gasteiger partial charge in [-0.1, -0.05) is 36.8 Å². The van der Waals surface area contributed by atoms with Gasteiger partial charge in [-0.3, -0.25) is 19.4 Å². The van der Waals surface area contributed by atoms with Gasteiger partial charge in [-0.05, 0) is 44.7 Å². The second-order valence-electron chi connectivity index (χ2n) is 9.22.